The number of amides is 1. The molecule has 0 saturated carbocycles. The fraction of sp³-hybridized carbons (Fsp3) is 0.667. The zero-order valence-corrected chi connectivity index (χ0v) is 18.8. The molecule has 0 radical (unpaired) electrons. The molecule has 2 fully saturated rings. The van der Waals surface area contributed by atoms with Gasteiger partial charge in [-0.1, -0.05) is 18.1 Å². The minimum absolute atomic E-state index is 0.00768. The zero-order chi connectivity index (χ0) is 21.7. The average Bonchev–Trinajstić information content (AvgIpc) is 3.38. The molecule has 2 aliphatic heterocycles. The van der Waals surface area contributed by atoms with Crippen LogP contribution in [-0.4, -0.2) is 77.8 Å². The third kappa shape index (κ3) is 5.42. The molecule has 1 aromatic heterocycles. The molecule has 2 saturated heterocycles. The lowest BCUT2D eigenvalue weighted by Gasteiger charge is -2.19. The molecule has 0 bridgehead atoms. The van der Waals surface area contributed by atoms with Crippen molar-refractivity contribution in [3.8, 4) is 0 Å². The predicted molar refractivity (Wildman–Crippen MR) is 118 cm³/mol. The van der Waals surface area contributed by atoms with Crippen LogP contribution >= 0.6 is 0 Å². The van der Waals surface area contributed by atoms with E-state index in [2.05, 4.69) is 20.5 Å². The van der Waals surface area contributed by atoms with Crippen LogP contribution in [0.3, 0.4) is 0 Å². The van der Waals surface area contributed by atoms with Crippen molar-refractivity contribution in [2.45, 2.75) is 56.4 Å². The number of rotatable bonds is 8. The third-order valence-electron chi connectivity index (χ3n) is 6.19. The Labute approximate surface area is 183 Å². The van der Waals surface area contributed by atoms with Gasteiger partial charge < -0.3 is 10.2 Å². The van der Waals surface area contributed by atoms with Gasteiger partial charge in [-0.05, 0) is 57.0 Å². The highest BCUT2D eigenvalue weighted by atomic mass is 32.2. The Bertz CT molecular complexity index is 992. The first-order valence-corrected chi connectivity index (χ1v) is 12.8. The zero-order valence-electron chi connectivity index (χ0n) is 18.0. The van der Waals surface area contributed by atoms with Gasteiger partial charge in [-0.2, -0.15) is 4.31 Å². The van der Waals surface area contributed by atoms with Crippen LogP contribution in [0.1, 0.15) is 44.9 Å². The van der Waals surface area contributed by atoms with Crippen LogP contribution in [0.15, 0.2) is 23.1 Å². The smallest absolute Gasteiger partial charge is 0.243 e. The fourth-order valence-corrected chi connectivity index (χ4v) is 5.90. The summed E-state index contributed by atoms with van der Waals surface area (Å²) in [7, 11) is -3.48. The van der Waals surface area contributed by atoms with Gasteiger partial charge in [0, 0.05) is 32.6 Å². The van der Waals surface area contributed by atoms with Crippen molar-refractivity contribution in [2.75, 3.05) is 39.3 Å². The van der Waals surface area contributed by atoms with Gasteiger partial charge in [-0.15, -0.1) is 5.10 Å². The van der Waals surface area contributed by atoms with Crippen molar-refractivity contribution in [1.29, 1.82) is 0 Å². The number of nitrogens with one attached hydrogen (secondary N) is 1. The molecule has 3 heterocycles. The van der Waals surface area contributed by atoms with E-state index < -0.39 is 10.0 Å². The summed E-state index contributed by atoms with van der Waals surface area (Å²) in [4.78, 5) is 14.9. The molecule has 2 aromatic rings. The molecule has 9 nitrogen and oxygen atoms in total. The number of carbonyl (C=O) groups is 1. The van der Waals surface area contributed by atoms with Gasteiger partial charge in [0.05, 0.1) is 17.0 Å². The quantitative estimate of drug-likeness (QED) is 0.658. The molecule has 0 atom stereocenters. The van der Waals surface area contributed by atoms with Gasteiger partial charge in [0.15, 0.2) is 0 Å². The van der Waals surface area contributed by atoms with Crippen LogP contribution < -0.4 is 5.32 Å². The number of likely N-dealkylation sites (tertiary alicyclic amines) is 1. The Kier molecular flexibility index (Phi) is 7.19. The molecule has 31 heavy (non-hydrogen) atoms. The molecule has 0 aliphatic carbocycles. The van der Waals surface area contributed by atoms with Crippen LogP contribution in [0, 0.1) is 0 Å². The highest BCUT2D eigenvalue weighted by Gasteiger charge is 2.27. The number of carbonyl (C=O) groups excluding carboxylic acids is 1. The first-order chi connectivity index (χ1) is 15.0. The number of nitrogens with zero attached hydrogens (tertiary/aromatic N) is 5. The van der Waals surface area contributed by atoms with E-state index in [0.717, 1.165) is 38.0 Å². The maximum atomic E-state index is 12.7. The Morgan fingerprint density at radius 3 is 2.42 bits per heavy atom. The maximum Gasteiger partial charge on any atom is 0.243 e. The number of hydrogen-bond acceptors (Lipinski definition) is 6. The summed E-state index contributed by atoms with van der Waals surface area (Å²) in [5.41, 5.74) is 1.26. The summed E-state index contributed by atoms with van der Waals surface area (Å²) in [5.74, 6) is -0.00768. The highest BCUT2D eigenvalue weighted by molar-refractivity contribution is 7.89. The first kappa shape index (κ1) is 22.2. The average molecular weight is 449 g/mol. The summed E-state index contributed by atoms with van der Waals surface area (Å²) >= 11 is 0. The van der Waals surface area contributed by atoms with E-state index in [9.17, 15) is 13.2 Å². The van der Waals surface area contributed by atoms with Crippen molar-refractivity contribution in [1.82, 2.24) is 29.5 Å². The lowest BCUT2D eigenvalue weighted by atomic mass is 10.2. The van der Waals surface area contributed by atoms with Crippen molar-refractivity contribution < 1.29 is 13.2 Å². The van der Waals surface area contributed by atoms with Gasteiger partial charge in [-0.25, -0.2) is 13.1 Å². The summed E-state index contributed by atoms with van der Waals surface area (Å²) in [5, 5.41) is 11.2. The summed E-state index contributed by atoms with van der Waals surface area (Å²) in [6.45, 7) is 5.34. The minimum atomic E-state index is -3.48. The van der Waals surface area contributed by atoms with Crippen molar-refractivity contribution in [2.24, 2.45) is 0 Å². The molecule has 1 amide bonds. The second-order valence-corrected chi connectivity index (χ2v) is 10.4. The standard InChI is InChI=1S/C21H32N6O3S/c28-21(22-10-16-25-11-3-1-2-4-12-25)9-15-27-20-8-7-18(17-19(20)23-24-27)31(29,30)26-13-5-6-14-26/h7-8,17H,1-6,9-16H2,(H,22,28). The van der Waals surface area contributed by atoms with Crippen LogP contribution in [0.5, 0.6) is 0 Å². The summed E-state index contributed by atoms with van der Waals surface area (Å²) in [6, 6.07) is 4.92. The van der Waals surface area contributed by atoms with Gasteiger partial charge in [0.2, 0.25) is 15.9 Å². The van der Waals surface area contributed by atoms with E-state index in [-0.39, 0.29) is 10.8 Å². The van der Waals surface area contributed by atoms with Crippen molar-refractivity contribution in [3.63, 3.8) is 0 Å². The van der Waals surface area contributed by atoms with Crippen LogP contribution in [0.2, 0.25) is 0 Å². The first-order valence-electron chi connectivity index (χ1n) is 11.4. The molecule has 1 N–H and O–H groups in total. The molecular weight excluding hydrogens is 416 g/mol. The Morgan fingerprint density at radius 2 is 1.68 bits per heavy atom. The molecular formula is C21H32N6O3S. The van der Waals surface area contributed by atoms with E-state index >= 15 is 0 Å². The van der Waals surface area contributed by atoms with E-state index in [1.807, 2.05) is 0 Å². The SMILES string of the molecule is O=C(CCn1nnc2cc(S(=O)(=O)N3CCCC3)ccc21)NCCN1CCCCCC1. The van der Waals surface area contributed by atoms with Crippen LogP contribution in [0.25, 0.3) is 11.0 Å². The number of benzene rings is 1. The second-order valence-electron chi connectivity index (χ2n) is 8.43. The molecule has 0 unspecified atom stereocenters. The highest BCUT2D eigenvalue weighted by Crippen LogP contribution is 2.23. The molecule has 170 valence electrons. The second kappa shape index (κ2) is 10.1. The van der Waals surface area contributed by atoms with E-state index in [1.54, 1.807) is 22.9 Å². The van der Waals surface area contributed by atoms with Crippen LogP contribution in [-0.2, 0) is 21.4 Å². The monoisotopic (exact) mass is 448 g/mol. The molecule has 1 aromatic carbocycles. The number of aryl methyl sites for hydroxylation is 1. The largest absolute Gasteiger partial charge is 0.355 e. The number of sulfonamides is 1. The number of fused-ring (bicyclic) bond motifs is 1. The minimum Gasteiger partial charge on any atom is -0.355 e. The Balaban J connectivity index is 1.30. The van der Waals surface area contributed by atoms with E-state index in [4.69, 9.17) is 0 Å². The normalized spacial score (nSPS) is 19.0. The molecule has 10 heteroatoms. The van der Waals surface area contributed by atoms with Crippen molar-refractivity contribution >= 4 is 27.0 Å². The van der Waals surface area contributed by atoms with Crippen LogP contribution in [0.4, 0.5) is 0 Å². The number of hydrogen-bond donors (Lipinski definition) is 1. The molecule has 0 spiro atoms. The predicted octanol–water partition coefficient (Wildman–Crippen LogP) is 1.60. The number of aromatic nitrogens is 3. The summed E-state index contributed by atoms with van der Waals surface area (Å²) in [6.07, 6.45) is 7.21. The van der Waals surface area contributed by atoms with Gasteiger partial charge in [0.25, 0.3) is 0 Å². The fourth-order valence-electron chi connectivity index (χ4n) is 4.36. The topological polar surface area (TPSA) is 100 Å². The van der Waals surface area contributed by atoms with Gasteiger partial charge in [0.1, 0.15) is 5.52 Å². The Hall–Kier alpha value is -2.04. The lowest BCUT2D eigenvalue weighted by Crippen LogP contribution is -2.35. The van der Waals surface area contributed by atoms with Gasteiger partial charge >= 0.3 is 0 Å². The molecule has 4 rings (SSSR count). The molecule has 2 aliphatic rings. The lowest BCUT2D eigenvalue weighted by molar-refractivity contribution is -0.121. The van der Waals surface area contributed by atoms with E-state index in [1.165, 1.54) is 30.0 Å². The van der Waals surface area contributed by atoms with E-state index in [0.29, 0.717) is 38.1 Å². The van der Waals surface area contributed by atoms with Crippen molar-refractivity contribution in [3.05, 3.63) is 18.2 Å². The summed E-state index contributed by atoms with van der Waals surface area (Å²) < 4.78 is 28.7. The third-order valence-corrected chi connectivity index (χ3v) is 8.08. The van der Waals surface area contributed by atoms with Gasteiger partial charge in [-0.3, -0.25) is 4.79 Å². The maximum absolute atomic E-state index is 12.7. The Morgan fingerprint density at radius 1 is 0.968 bits per heavy atom.